The van der Waals surface area contributed by atoms with E-state index in [1.165, 1.54) is 6.92 Å². The van der Waals surface area contributed by atoms with Crippen molar-refractivity contribution in [2.24, 2.45) is 0 Å². The van der Waals surface area contributed by atoms with Gasteiger partial charge in [0.1, 0.15) is 5.65 Å². The maximum absolute atomic E-state index is 11.4. The summed E-state index contributed by atoms with van der Waals surface area (Å²) >= 11 is 0. The minimum absolute atomic E-state index is 0.116. The Morgan fingerprint density at radius 3 is 2.81 bits per heavy atom. The van der Waals surface area contributed by atoms with Crippen LogP contribution in [-0.2, 0) is 20.7 Å². The van der Waals surface area contributed by atoms with Gasteiger partial charge in [0.15, 0.2) is 0 Å². The molecule has 2 aromatic heterocycles. The summed E-state index contributed by atoms with van der Waals surface area (Å²) in [6.07, 6.45) is 2.69. The summed E-state index contributed by atoms with van der Waals surface area (Å²) < 4.78 is 6.83. The summed E-state index contributed by atoms with van der Waals surface area (Å²) in [5.41, 5.74) is 3.33. The number of fused-ring (bicyclic) bond motifs is 1. The van der Waals surface area contributed by atoms with E-state index in [9.17, 15) is 9.59 Å². The summed E-state index contributed by atoms with van der Waals surface area (Å²) in [5, 5.41) is 2.74. The zero-order chi connectivity index (χ0) is 15.4. The molecule has 21 heavy (non-hydrogen) atoms. The van der Waals surface area contributed by atoms with E-state index in [0.29, 0.717) is 25.1 Å². The highest BCUT2D eigenvalue weighted by molar-refractivity contribution is 5.88. The first-order chi connectivity index (χ1) is 10.0. The molecular weight excluding hydrogens is 270 g/mol. The smallest absolute Gasteiger partial charge is 0.306 e. The second-order valence-corrected chi connectivity index (χ2v) is 4.78. The second-order valence-electron chi connectivity index (χ2n) is 4.78. The van der Waals surface area contributed by atoms with Crippen molar-refractivity contribution >= 4 is 23.2 Å². The number of carbonyl (C=O) groups excluding carboxylic acids is 2. The molecule has 112 valence electrons. The zero-order valence-corrected chi connectivity index (χ0v) is 12.5. The number of nitrogens with zero attached hydrogens (tertiary/aromatic N) is 2. The van der Waals surface area contributed by atoms with Crippen LogP contribution in [0, 0.1) is 6.92 Å². The van der Waals surface area contributed by atoms with Crippen molar-refractivity contribution in [3.63, 3.8) is 0 Å². The third kappa shape index (κ3) is 3.59. The Labute approximate surface area is 123 Å². The lowest BCUT2D eigenvalue weighted by molar-refractivity contribution is -0.143. The Balaban J connectivity index is 2.20. The Morgan fingerprint density at radius 2 is 2.14 bits per heavy atom. The molecule has 0 aliphatic heterocycles. The number of pyridine rings is 1. The minimum Gasteiger partial charge on any atom is -0.466 e. The van der Waals surface area contributed by atoms with Gasteiger partial charge in [0.25, 0.3) is 0 Å². The van der Waals surface area contributed by atoms with Gasteiger partial charge in [0.05, 0.1) is 24.4 Å². The van der Waals surface area contributed by atoms with Gasteiger partial charge in [-0.2, -0.15) is 0 Å². The number of anilines is 1. The van der Waals surface area contributed by atoms with Crippen LogP contribution in [0.1, 0.15) is 31.7 Å². The largest absolute Gasteiger partial charge is 0.466 e. The number of esters is 1. The number of hydrogen-bond acceptors (Lipinski definition) is 4. The van der Waals surface area contributed by atoms with Gasteiger partial charge in [-0.05, 0) is 26.0 Å². The number of nitrogens with one attached hydrogen (secondary N) is 1. The molecule has 6 nitrogen and oxygen atoms in total. The van der Waals surface area contributed by atoms with Crippen molar-refractivity contribution < 1.29 is 14.3 Å². The van der Waals surface area contributed by atoms with E-state index in [1.54, 1.807) is 13.0 Å². The normalized spacial score (nSPS) is 10.6. The highest BCUT2D eigenvalue weighted by atomic mass is 16.5. The van der Waals surface area contributed by atoms with Crippen LogP contribution in [0.25, 0.3) is 5.65 Å². The molecule has 6 heteroatoms. The molecule has 0 atom stereocenters. The van der Waals surface area contributed by atoms with Crippen molar-refractivity contribution in [1.82, 2.24) is 9.38 Å². The molecule has 2 rings (SSSR count). The minimum atomic E-state index is -0.215. The fraction of sp³-hybridized carbons (Fsp3) is 0.400. The van der Waals surface area contributed by atoms with E-state index in [0.717, 1.165) is 17.0 Å². The molecular formula is C15H19N3O3. The van der Waals surface area contributed by atoms with Crippen LogP contribution in [0.2, 0.25) is 0 Å². The van der Waals surface area contributed by atoms with Gasteiger partial charge in [-0.25, -0.2) is 4.98 Å². The van der Waals surface area contributed by atoms with Crippen LogP contribution in [0.4, 0.5) is 5.69 Å². The molecule has 2 aromatic rings. The number of ether oxygens (including phenoxy) is 1. The number of imidazole rings is 1. The fourth-order valence-corrected chi connectivity index (χ4v) is 2.18. The van der Waals surface area contributed by atoms with Crippen LogP contribution in [-0.4, -0.2) is 27.9 Å². The van der Waals surface area contributed by atoms with Crippen molar-refractivity contribution in [3.05, 3.63) is 29.7 Å². The molecule has 0 aromatic carbocycles. The Morgan fingerprint density at radius 1 is 1.38 bits per heavy atom. The molecule has 1 amide bonds. The first-order valence-corrected chi connectivity index (χ1v) is 6.92. The van der Waals surface area contributed by atoms with Crippen molar-refractivity contribution in [2.45, 2.75) is 33.6 Å². The molecule has 1 N–H and O–H groups in total. The number of aromatic nitrogens is 2. The third-order valence-corrected chi connectivity index (χ3v) is 3.15. The van der Waals surface area contributed by atoms with Gasteiger partial charge < -0.3 is 14.5 Å². The average molecular weight is 289 g/mol. The lowest BCUT2D eigenvalue weighted by atomic mass is 10.2. The molecule has 2 heterocycles. The second kappa shape index (κ2) is 6.39. The van der Waals surface area contributed by atoms with Crippen LogP contribution >= 0.6 is 0 Å². The number of carbonyl (C=O) groups is 2. The summed E-state index contributed by atoms with van der Waals surface area (Å²) in [6, 6.07) is 3.64. The first-order valence-electron chi connectivity index (χ1n) is 6.92. The van der Waals surface area contributed by atoms with Crippen LogP contribution in [0.3, 0.4) is 0 Å². The molecule has 0 aliphatic carbocycles. The highest BCUT2D eigenvalue weighted by Crippen LogP contribution is 2.17. The highest BCUT2D eigenvalue weighted by Gasteiger charge is 2.11. The van der Waals surface area contributed by atoms with Crippen LogP contribution in [0.5, 0.6) is 0 Å². The maximum Gasteiger partial charge on any atom is 0.306 e. The van der Waals surface area contributed by atoms with Crippen molar-refractivity contribution in [1.29, 1.82) is 0 Å². The van der Waals surface area contributed by atoms with Gasteiger partial charge in [-0.3, -0.25) is 9.59 Å². The van der Waals surface area contributed by atoms with E-state index in [-0.39, 0.29) is 11.9 Å². The molecule has 0 saturated carbocycles. The molecule has 0 saturated heterocycles. The van der Waals surface area contributed by atoms with Gasteiger partial charge in [-0.1, -0.05) is 0 Å². The standard InChI is InChI=1S/C15H19N3O3/c1-4-21-15(20)8-6-13-10(2)18-9-12(16-11(3)19)5-7-14(18)17-13/h5,7,9H,4,6,8H2,1-3H3,(H,16,19). The Bertz CT molecular complexity index is 676. The molecule has 0 spiro atoms. The lowest BCUT2D eigenvalue weighted by Gasteiger charge is -2.04. The summed E-state index contributed by atoms with van der Waals surface area (Å²) in [4.78, 5) is 27.0. The van der Waals surface area contributed by atoms with Crippen LogP contribution < -0.4 is 5.32 Å². The van der Waals surface area contributed by atoms with E-state index in [4.69, 9.17) is 4.74 Å². The monoisotopic (exact) mass is 289 g/mol. The lowest BCUT2D eigenvalue weighted by Crippen LogP contribution is -2.06. The van der Waals surface area contributed by atoms with Crippen molar-refractivity contribution in [3.8, 4) is 0 Å². The zero-order valence-electron chi connectivity index (χ0n) is 12.5. The Kier molecular flexibility index (Phi) is 4.57. The summed E-state index contributed by atoms with van der Waals surface area (Å²) in [7, 11) is 0. The number of amides is 1. The van der Waals surface area contributed by atoms with E-state index < -0.39 is 0 Å². The molecule has 0 radical (unpaired) electrons. The van der Waals surface area contributed by atoms with E-state index >= 15 is 0 Å². The number of aryl methyl sites for hydroxylation is 2. The van der Waals surface area contributed by atoms with E-state index in [2.05, 4.69) is 10.3 Å². The molecule has 0 unspecified atom stereocenters. The quantitative estimate of drug-likeness (QED) is 0.855. The molecule has 0 aliphatic rings. The number of rotatable bonds is 5. The van der Waals surface area contributed by atoms with Gasteiger partial charge in [0, 0.05) is 25.2 Å². The van der Waals surface area contributed by atoms with Gasteiger partial charge in [0.2, 0.25) is 5.91 Å². The van der Waals surface area contributed by atoms with Gasteiger partial charge >= 0.3 is 5.97 Å². The third-order valence-electron chi connectivity index (χ3n) is 3.15. The van der Waals surface area contributed by atoms with Crippen molar-refractivity contribution in [2.75, 3.05) is 11.9 Å². The maximum atomic E-state index is 11.4. The summed E-state index contributed by atoms with van der Waals surface area (Å²) in [6.45, 7) is 5.59. The predicted molar refractivity (Wildman–Crippen MR) is 79.2 cm³/mol. The Hall–Kier alpha value is -2.37. The first kappa shape index (κ1) is 15.0. The predicted octanol–water partition coefficient (Wildman–Crippen LogP) is 2.10. The molecule has 0 fully saturated rings. The van der Waals surface area contributed by atoms with Crippen LogP contribution in [0.15, 0.2) is 18.3 Å². The topological polar surface area (TPSA) is 72.7 Å². The SMILES string of the molecule is CCOC(=O)CCc1nc2ccc(NC(C)=O)cn2c1C. The fourth-order valence-electron chi connectivity index (χ4n) is 2.18. The van der Waals surface area contributed by atoms with E-state index in [1.807, 2.05) is 23.6 Å². The average Bonchev–Trinajstić information content (AvgIpc) is 2.73. The van der Waals surface area contributed by atoms with Gasteiger partial charge in [-0.15, -0.1) is 0 Å². The number of hydrogen-bond donors (Lipinski definition) is 1. The molecule has 0 bridgehead atoms. The summed E-state index contributed by atoms with van der Waals surface area (Å²) in [5.74, 6) is -0.331.